The molecule has 27 heavy (non-hydrogen) atoms. The van der Waals surface area contributed by atoms with Crippen LogP contribution in [0.3, 0.4) is 0 Å². The highest BCUT2D eigenvalue weighted by molar-refractivity contribution is 14.0. The van der Waals surface area contributed by atoms with Crippen LogP contribution in [0.1, 0.15) is 33.3 Å². The van der Waals surface area contributed by atoms with E-state index in [2.05, 4.69) is 27.0 Å². The molecule has 1 aromatic carbocycles. The third-order valence-corrected chi connectivity index (χ3v) is 3.27. The second-order valence-corrected chi connectivity index (χ2v) is 6.65. The Labute approximate surface area is 179 Å². The molecule has 0 aliphatic carbocycles. The van der Waals surface area contributed by atoms with Crippen molar-refractivity contribution >= 4 is 36.0 Å². The van der Waals surface area contributed by atoms with E-state index in [9.17, 15) is 4.79 Å². The summed E-state index contributed by atoms with van der Waals surface area (Å²) in [6, 6.07) is 8.02. The lowest BCUT2D eigenvalue weighted by molar-refractivity contribution is 0.0529. The second-order valence-electron chi connectivity index (χ2n) is 6.65. The van der Waals surface area contributed by atoms with Gasteiger partial charge in [0.1, 0.15) is 11.4 Å². The third kappa shape index (κ3) is 11.6. The molecule has 0 spiro atoms. The fourth-order valence-electron chi connectivity index (χ4n) is 2.20. The molecule has 0 atom stereocenters. The first kappa shape index (κ1) is 25.3. The van der Waals surface area contributed by atoms with Crippen LogP contribution in [0, 0.1) is 0 Å². The Balaban J connectivity index is 0.00000676. The largest absolute Gasteiger partial charge is 0.494 e. The molecule has 0 fully saturated rings. The highest BCUT2D eigenvalue weighted by Crippen LogP contribution is 2.17. The molecule has 7 nitrogen and oxygen atoms in total. The average molecular weight is 492 g/mol. The maximum absolute atomic E-state index is 11.6. The summed E-state index contributed by atoms with van der Waals surface area (Å²) in [7, 11) is 1.71. The fourth-order valence-corrected chi connectivity index (χ4v) is 2.20. The molecule has 3 N–H and O–H groups in total. The molecule has 0 unspecified atom stereocenters. The van der Waals surface area contributed by atoms with Gasteiger partial charge in [-0.1, -0.05) is 18.2 Å². The van der Waals surface area contributed by atoms with Crippen LogP contribution in [0.15, 0.2) is 29.3 Å². The topological polar surface area (TPSA) is 84.0 Å². The van der Waals surface area contributed by atoms with Crippen molar-refractivity contribution in [1.82, 2.24) is 16.0 Å². The van der Waals surface area contributed by atoms with Crippen molar-refractivity contribution in [2.24, 2.45) is 4.99 Å². The Kier molecular flexibility index (Phi) is 12.6. The standard InChI is InChI=1S/C19H32N4O3.HI/c1-6-25-16-10-8-7-9-15(16)11-12-21-17(20-5)22-13-14-23-18(24)26-19(2,3)4;/h7-10H,6,11-14H2,1-5H3,(H,23,24)(H2,20,21,22);1H. The van der Waals surface area contributed by atoms with E-state index in [1.807, 2.05) is 45.9 Å². The Bertz CT molecular complexity index is 589. The first-order valence-electron chi connectivity index (χ1n) is 8.97. The van der Waals surface area contributed by atoms with Gasteiger partial charge in [0.05, 0.1) is 6.61 Å². The van der Waals surface area contributed by atoms with Crippen LogP contribution in [0.4, 0.5) is 4.79 Å². The number of ether oxygens (including phenoxy) is 2. The van der Waals surface area contributed by atoms with E-state index in [-0.39, 0.29) is 24.0 Å². The van der Waals surface area contributed by atoms with Gasteiger partial charge in [0.15, 0.2) is 5.96 Å². The van der Waals surface area contributed by atoms with Crippen molar-refractivity contribution in [3.63, 3.8) is 0 Å². The monoisotopic (exact) mass is 492 g/mol. The molecule has 0 bridgehead atoms. The number of halogens is 1. The molecule has 1 amide bonds. The lowest BCUT2D eigenvalue weighted by Gasteiger charge is -2.20. The highest BCUT2D eigenvalue weighted by atomic mass is 127. The number of rotatable bonds is 8. The number of hydrogen-bond acceptors (Lipinski definition) is 4. The Morgan fingerprint density at radius 3 is 2.33 bits per heavy atom. The number of para-hydroxylation sites is 1. The van der Waals surface area contributed by atoms with Gasteiger partial charge in [-0.2, -0.15) is 0 Å². The minimum atomic E-state index is -0.493. The summed E-state index contributed by atoms with van der Waals surface area (Å²) in [6.07, 6.45) is 0.405. The fraction of sp³-hybridized carbons (Fsp3) is 0.579. The van der Waals surface area contributed by atoms with Gasteiger partial charge < -0.3 is 25.4 Å². The molecule has 0 aromatic heterocycles. The molecule has 8 heteroatoms. The molecule has 0 saturated carbocycles. The Morgan fingerprint density at radius 1 is 1.07 bits per heavy atom. The number of carbonyl (C=O) groups excluding carboxylic acids is 1. The van der Waals surface area contributed by atoms with Crippen molar-refractivity contribution in [3.8, 4) is 5.75 Å². The minimum Gasteiger partial charge on any atom is -0.494 e. The van der Waals surface area contributed by atoms with E-state index in [4.69, 9.17) is 9.47 Å². The minimum absolute atomic E-state index is 0. The van der Waals surface area contributed by atoms with Gasteiger partial charge in [-0.25, -0.2) is 4.79 Å². The summed E-state index contributed by atoms with van der Waals surface area (Å²) in [5, 5.41) is 9.10. The van der Waals surface area contributed by atoms with Gasteiger partial charge in [0.2, 0.25) is 0 Å². The molecule has 0 aliphatic heterocycles. The summed E-state index contributed by atoms with van der Waals surface area (Å²) >= 11 is 0. The summed E-state index contributed by atoms with van der Waals surface area (Å²) in [4.78, 5) is 15.7. The highest BCUT2D eigenvalue weighted by Gasteiger charge is 2.15. The average Bonchev–Trinajstić information content (AvgIpc) is 2.57. The van der Waals surface area contributed by atoms with Gasteiger partial charge in [0, 0.05) is 26.7 Å². The maximum atomic E-state index is 11.6. The summed E-state index contributed by atoms with van der Waals surface area (Å²) in [5.74, 6) is 1.60. The summed E-state index contributed by atoms with van der Waals surface area (Å²) in [5.41, 5.74) is 0.663. The number of amides is 1. The van der Waals surface area contributed by atoms with E-state index >= 15 is 0 Å². The SMILES string of the molecule is CCOc1ccccc1CCNC(=NC)NCCNC(=O)OC(C)(C)C.I. The maximum Gasteiger partial charge on any atom is 0.407 e. The van der Waals surface area contributed by atoms with Crippen molar-refractivity contribution in [2.45, 2.75) is 39.7 Å². The molecular weight excluding hydrogens is 459 g/mol. The number of nitrogens with one attached hydrogen (secondary N) is 3. The van der Waals surface area contributed by atoms with Gasteiger partial charge in [0.25, 0.3) is 0 Å². The lowest BCUT2D eigenvalue weighted by atomic mass is 10.1. The normalized spacial score (nSPS) is 11.2. The van der Waals surface area contributed by atoms with E-state index in [1.54, 1.807) is 7.05 Å². The number of alkyl carbamates (subject to hydrolysis) is 1. The number of aliphatic imine (C=N–C) groups is 1. The summed E-state index contributed by atoms with van der Waals surface area (Å²) in [6.45, 7) is 9.85. The predicted octanol–water partition coefficient (Wildman–Crippen LogP) is 2.94. The quantitative estimate of drug-likeness (QED) is 0.225. The Hall–Kier alpha value is -1.71. The predicted molar refractivity (Wildman–Crippen MR) is 120 cm³/mol. The van der Waals surface area contributed by atoms with Gasteiger partial charge in [-0.05, 0) is 45.7 Å². The Morgan fingerprint density at radius 2 is 1.70 bits per heavy atom. The van der Waals surface area contributed by atoms with Gasteiger partial charge >= 0.3 is 6.09 Å². The van der Waals surface area contributed by atoms with Crippen molar-refractivity contribution in [1.29, 1.82) is 0 Å². The van der Waals surface area contributed by atoms with Crippen LogP contribution in [0.5, 0.6) is 5.75 Å². The van der Waals surface area contributed by atoms with Crippen LogP contribution in [-0.4, -0.2) is 50.9 Å². The van der Waals surface area contributed by atoms with E-state index in [0.717, 1.165) is 24.3 Å². The first-order chi connectivity index (χ1) is 12.4. The zero-order valence-electron chi connectivity index (χ0n) is 16.9. The third-order valence-electron chi connectivity index (χ3n) is 3.27. The van der Waals surface area contributed by atoms with E-state index in [1.165, 1.54) is 0 Å². The first-order valence-corrected chi connectivity index (χ1v) is 8.97. The van der Waals surface area contributed by atoms with E-state index < -0.39 is 11.7 Å². The van der Waals surface area contributed by atoms with Crippen molar-refractivity contribution < 1.29 is 14.3 Å². The molecule has 0 radical (unpaired) electrons. The number of nitrogens with zero attached hydrogens (tertiary/aromatic N) is 1. The molecule has 1 rings (SSSR count). The van der Waals surface area contributed by atoms with Gasteiger partial charge in [-0.15, -0.1) is 24.0 Å². The zero-order chi connectivity index (χ0) is 19.4. The molecule has 0 heterocycles. The van der Waals surface area contributed by atoms with Crippen LogP contribution in [0.2, 0.25) is 0 Å². The van der Waals surface area contributed by atoms with Crippen molar-refractivity contribution in [2.75, 3.05) is 33.3 Å². The smallest absolute Gasteiger partial charge is 0.407 e. The number of hydrogen-bond donors (Lipinski definition) is 3. The zero-order valence-corrected chi connectivity index (χ0v) is 19.3. The van der Waals surface area contributed by atoms with Crippen LogP contribution >= 0.6 is 24.0 Å². The second kappa shape index (κ2) is 13.5. The lowest BCUT2D eigenvalue weighted by Crippen LogP contribution is -2.43. The number of carbonyl (C=O) groups is 1. The number of benzene rings is 1. The molecule has 154 valence electrons. The molecule has 0 aliphatic rings. The van der Waals surface area contributed by atoms with Crippen LogP contribution in [0.25, 0.3) is 0 Å². The molecule has 0 saturated heterocycles. The molecule has 1 aromatic rings. The summed E-state index contributed by atoms with van der Waals surface area (Å²) < 4.78 is 10.8. The molecular formula is C19H33IN4O3. The van der Waals surface area contributed by atoms with E-state index in [0.29, 0.717) is 25.7 Å². The van der Waals surface area contributed by atoms with Crippen molar-refractivity contribution in [3.05, 3.63) is 29.8 Å². The van der Waals surface area contributed by atoms with Gasteiger partial charge in [-0.3, -0.25) is 4.99 Å². The van der Waals surface area contributed by atoms with Crippen LogP contribution < -0.4 is 20.7 Å². The van der Waals surface area contributed by atoms with Crippen LogP contribution in [-0.2, 0) is 11.2 Å². The number of guanidine groups is 1.